The van der Waals surface area contributed by atoms with E-state index in [2.05, 4.69) is 35.6 Å². The maximum absolute atomic E-state index is 11.2. The summed E-state index contributed by atoms with van der Waals surface area (Å²) in [6, 6.07) is 11.5. The molecule has 4 nitrogen and oxygen atoms in total. The molecular weight excluding hydrogens is 262 g/mol. The van der Waals surface area contributed by atoms with Gasteiger partial charge in [0.1, 0.15) is 0 Å². The normalized spacial score (nSPS) is 21.8. The molecule has 3 N–H and O–H groups in total. The third-order valence-corrected chi connectivity index (χ3v) is 5.00. The fraction of sp³-hybridized carbons (Fsp3) is 0.588. The number of nitrogens with zero attached hydrogens (tertiary/aromatic N) is 1. The summed E-state index contributed by atoms with van der Waals surface area (Å²) >= 11 is 0. The van der Waals surface area contributed by atoms with Crippen LogP contribution >= 0.6 is 0 Å². The lowest BCUT2D eigenvalue weighted by molar-refractivity contribution is 0.164. The van der Waals surface area contributed by atoms with Gasteiger partial charge in [-0.25, -0.2) is 4.79 Å². The Kier molecular flexibility index (Phi) is 4.44. The van der Waals surface area contributed by atoms with E-state index in [0.717, 1.165) is 31.8 Å². The second kappa shape index (κ2) is 6.48. The lowest BCUT2D eigenvalue weighted by atomic mass is 9.76. The largest absolute Gasteiger partial charge is 0.351 e. The molecule has 2 amide bonds. The smallest absolute Gasteiger partial charge is 0.314 e. The molecule has 0 radical (unpaired) electrons. The van der Waals surface area contributed by atoms with E-state index >= 15 is 0 Å². The number of amides is 2. The van der Waals surface area contributed by atoms with E-state index in [4.69, 9.17) is 5.73 Å². The highest BCUT2D eigenvalue weighted by Crippen LogP contribution is 2.38. The zero-order valence-electron chi connectivity index (χ0n) is 12.5. The van der Waals surface area contributed by atoms with Crippen LogP contribution in [-0.2, 0) is 0 Å². The molecule has 2 fully saturated rings. The molecule has 21 heavy (non-hydrogen) atoms. The summed E-state index contributed by atoms with van der Waals surface area (Å²) < 4.78 is 0. The van der Waals surface area contributed by atoms with Gasteiger partial charge in [0.05, 0.1) is 0 Å². The van der Waals surface area contributed by atoms with Crippen LogP contribution in [0, 0.1) is 5.92 Å². The first-order chi connectivity index (χ1) is 10.2. The minimum atomic E-state index is -0.285. The Hall–Kier alpha value is -1.55. The van der Waals surface area contributed by atoms with Crippen LogP contribution in [0.3, 0.4) is 0 Å². The Morgan fingerprint density at radius 2 is 1.81 bits per heavy atom. The number of nitrogens with one attached hydrogen (secondary N) is 1. The third kappa shape index (κ3) is 3.38. The highest BCUT2D eigenvalue weighted by molar-refractivity contribution is 5.72. The van der Waals surface area contributed by atoms with Crippen LogP contribution in [0.15, 0.2) is 30.3 Å². The molecule has 1 saturated heterocycles. The van der Waals surface area contributed by atoms with Gasteiger partial charge in [-0.1, -0.05) is 36.8 Å². The Morgan fingerprint density at radius 1 is 1.14 bits per heavy atom. The summed E-state index contributed by atoms with van der Waals surface area (Å²) in [5.41, 5.74) is 6.75. The predicted molar refractivity (Wildman–Crippen MR) is 83.8 cm³/mol. The van der Waals surface area contributed by atoms with Gasteiger partial charge >= 0.3 is 6.03 Å². The van der Waals surface area contributed by atoms with Crippen molar-refractivity contribution < 1.29 is 4.79 Å². The quantitative estimate of drug-likeness (QED) is 0.894. The second-order valence-corrected chi connectivity index (χ2v) is 6.35. The van der Waals surface area contributed by atoms with E-state index in [1.165, 1.54) is 24.8 Å². The molecule has 1 heterocycles. The summed E-state index contributed by atoms with van der Waals surface area (Å²) in [7, 11) is 0. The molecule has 0 aromatic heterocycles. The number of primary amides is 1. The molecular formula is C17H25N3O. The molecule has 1 aromatic rings. The number of hydrogen-bond donors (Lipinski definition) is 2. The van der Waals surface area contributed by atoms with Crippen LogP contribution in [-0.4, -0.2) is 30.1 Å². The third-order valence-electron chi connectivity index (χ3n) is 5.00. The molecule has 1 aromatic carbocycles. The molecule has 4 heteroatoms. The van der Waals surface area contributed by atoms with E-state index in [-0.39, 0.29) is 6.03 Å². The molecule has 1 aliphatic heterocycles. The lowest BCUT2D eigenvalue weighted by Crippen LogP contribution is -2.48. The summed E-state index contributed by atoms with van der Waals surface area (Å²) in [6.07, 6.45) is 6.01. The van der Waals surface area contributed by atoms with Gasteiger partial charge in [0.25, 0.3) is 0 Å². The Bertz CT molecular complexity index is 464. The molecule has 0 bridgehead atoms. The number of carbonyl (C=O) groups is 1. The van der Waals surface area contributed by atoms with Crippen molar-refractivity contribution in [1.29, 1.82) is 0 Å². The molecule has 114 valence electrons. The SMILES string of the molecule is NC(=O)N1CCC(N[C@H](c2ccccc2)C2CCC2)CC1. The molecule has 1 saturated carbocycles. The van der Waals surface area contributed by atoms with E-state index in [9.17, 15) is 4.79 Å². The molecule has 0 spiro atoms. The Labute approximate surface area is 126 Å². The minimum Gasteiger partial charge on any atom is -0.351 e. The first-order valence-corrected chi connectivity index (χ1v) is 8.09. The van der Waals surface area contributed by atoms with Gasteiger partial charge in [0.2, 0.25) is 0 Å². The monoisotopic (exact) mass is 287 g/mol. The average molecular weight is 287 g/mol. The number of benzene rings is 1. The van der Waals surface area contributed by atoms with Crippen molar-refractivity contribution in [3.63, 3.8) is 0 Å². The molecule has 1 aliphatic carbocycles. The van der Waals surface area contributed by atoms with Crippen molar-refractivity contribution in [2.75, 3.05) is 13.1 Å². The first kappa shape index (κ1) is 14.4. The fourth-order valence-electron chi connectivity index (χ4n) is 3.46. The molecule has 2 aliphatic rings. The molecule has 0 unspecified atom stereocenters. The zero-order valence-corrected chi connectivity index (χ0v) is 12.5. The Morgan fingerprint density at radius 3 is 2.33 bits per heavy atom. The number of nitrogens with two attached hydrogens (primary N) is 1. The number of piperidine rings is 1. The molecule has 1 atom stereocenters. The van der Waals surface area contributed by atoms with Gasteiger partial charge in [0, 0.05) is 25.2 Å². The van der Waals surface area contributed by atoms with Gasteiger partial charge in [-0.3, -0.25) is 0 Å². The van der Waals surface area contributed by atoms with Crippen molar-refractivity contribution in [3.05, 3.63) is 35.9 Å². The Balaban J connectivity index is 1.62. The predicted octanol–water partition coefficient (Wildman–Crippen LogP) is 2.66. The van der Waals surface area contributed by atoms with Gasteiger partial charge in [-0.15, -0.1) is 0 Å². The van der Waals surface area contributed by atoms with Crippen LogP contribution in [0.2, 0.25) is 0 Å². The number of hydrogen-bond acceptors (Lipinski definition) is 2. The van der Waals surface area contributed by atoms with Crippen molar-refractivity contribution in [1.82, 2.24) is 10.2 Å². The fourth-order valence-corrected chi connectivity index (χ4v) is 3.46. The lowest BCUT2D eigenvalue weighted by Gasteiger charge is -2.39. The summed E-state index contributed by atoms with van der Waals surface area (Å²) in [5.74, 6) is 0.765. The zero-order chi connectivity index (χ0) is 14.7. The second-order valence-electron chi connectivity index (χ2n) is 6.35. The van der Waals surface area contributed by atoms with E-state index in [1.54, 1.807) is 4.90 Å². The van der Waals surface area contributed by atoms with Gasteiger partial charge in [0.15, 0.2) is 0 Å². The maximum Gasteiger partial charge on any atom is 0.314 e. The topological polar surface area (TPSA) is 58.4 Å². The standard InChI is InChI=1S/C17H25N3O/c18-17(21)20-11-9-15(10-12-20)19-16(14-7-4-8-14)13-5-2-1-3-6-13/h1-3,5-6,14-16,19H,4,7-12H2,(H2,18,21)/t16-/m1/s1. The van der Waals surface area contributed by atoms with Gasteiger partial charge < -0.3 is 16.0 Å². The minimum absolute atomic E-state index is 0.285. The molecule has 3 rings (SSSR count). The van der Waals surface area contributed by atoms with Crippen LogP contribution in [0.25, 0.3) is 0 Å². The van der Waals surface area contributed by atoms with Crippen molar-refractivity contribution >= 4 is 6.03 Å². The summed E-state index contributed by atoms with van der Waals surface area (Å²) in [5, 5.41) is 3.85. The summed E-state index contributed by atoms with van der Waals surface area (Å²) in [4.78, 5) is 12.9. The number of likely N-dealkylation sites (tertiary alicyclic amines) is 1. The van der Waals surface area contributed by atoms with E-state index < -0.39 is 0 Å². The highest BCUT2D eigenvalue weighted by atomic mass is 16.2. The van der Waals surface area contributed by atoms with Crippen LogP contribution < -0.4 is 11.1 Å². The van der Waals surface area contributed by atoms with E-state index in [1.807, 2.05) is 0 Å². The van der Waals surface area contributed by atoms with Gasteiger partial charge in [-0.05, 0) is 37.2 Å². The van der Waals surface area contributed by atoms with Crippen molar-refractivity contribution in [2.24, 2.45) is 11.7 Å². The first-order valence-electron chi connectivity index (χ1n) is 8.09. The average Bonchev–Trinajstić information content (AvgIpc) is 2.46. The highest BCUT2D eigenvalue weighted by Gasteiger charge is 2.31. The van der Waals surface area contributed by atoms with Crippen LogP contribution in [0.1, 0.15) is 43.7 Å². The number of urea groups is 1. The van der Waals surface area contributed by atoms with Crippen LogP contribution in [0.5, 0.6) is 0 Å². The van der Waals surface area contributed by atoms with Crippen molar-refractivity contribution in [3.8, 4) is 0 Å². The number of carbonyl (C=O) groups excluding carboxylic acids is 1. The van der Waals surface area contributed by atoms with Gasteiger partial charge in [-0.2, -0.15) is 0 Å². The van der Waals surface area contributed by atoms with Crippen molar-refractivity contribution in [2.45, 2.75) is 44.2 Å². The number of rotatable bonds is 4. The summed E-state index contributed by atoms with van der Waals surface area (Å²) in [6.45, 7) is 1.55. The van der Waals surface area contributed by atoms with Crippen LogP contribution in [0.4, 0.5) is 4.79 Å². The maximum atomic E-state index is 11.2. The van der Waals surface area contributed by atoms with E-state index in [0.29, 0.717) is 12.1 Å².